The van der Waals surface area contributed by atoms with Crippen LogP contribution in [0.4, 0.5) is 4.39 Å². The third-order valence-corrected chi connectivity index (χ3v) is 4.87. The van der Waals surface area contributed by atoms with E-state index in [1.807, 2.05) is 6.92 Å². The van der Waals surface area contributed by atoms with Crippen LogP contribution in [0.5, 0.6) is 5.75 Å². The summed E-state index contributed by atoms with van der Waals surface area (Å²) in [6.45, 7) is 1.84. The Bertz CT molecular complexity index is 916. The van der Waals surface area contributed by atoms with Gasteiger partial charge in [0.15, 0.2) is 11.6 Å². The van der Waals surface area contributed by atoms with E-state index in [-0.39, 0.29) is 48.3 Å². The highest BCUT2D eigenvalue weighted by atomic mass is 79.9. The van der Waals surface area contributed by atoms with Gasteiger partial charge >= 0.3 is 0 Å². The third kappa shape index (κ3) is 4.45. The Labute approximate surface area is 164 Å². The molecular weight excluding hydrogens is 415 g/mol. The summed E-state index contributed by atoms with van der Waals surface area (Å²) in [6, 6.07) is 11.1. The van der Waals surface area contributed by atoms with E-state index in [4.69, 9.17) is 4.74 Å². The van der Waals surface area contributed by atoms with E-state index in [0.29, 0.717) is 21.3 Å². The van der Waals surface area contributed by atoms with Gasteiger partial charge in [-0.1, -0.05) is 41.1 Å². The van der Waals surface area contributed by atoms with Crippen molar-refractivity contribution in [3.8, 4) is 5.75 Å². The summed E-state index contributed by atoms with van der Waals surface area (Å²) in [6.07, 6.45) is 0.480. The molecule has 1 aliphatic rings. The molecule has 1 fully saturated rings. The maximum atomic E-state index is 13.9. The van der Waals surface area contributed by atoms with Gasteiger partial charge in [0.05, 0.1) is 0 Å². The maximum absolute atomic E-state index is 13.9. The van der Waals surface area contributed by atoms with Crippen molar-refractivity contribution in [2.75, 3.05) is 0 Å². The van der Waals surface area contributed by atoms with Crippen molar-refractivity contribution in [2.45, 2.75) is 26.4 Å². The summed E-state index contributed by atoms with van der Waals surface area (Å²) in [4.78, 5) is 24.4. The van der Waals surface area contributed by atoms with Crippen LogP contribution in [-0.4, -0.2) is 16.7 Å². The SMILES string of the molecule is CC1CC(=O)C(=C(O)c2cccc(OCc3ccc(Br)cc3F)c2)C(=O)C1. The Hall–Kier alpha value is -2.47. The standard InChI is InChI=1S/C21H18BrFO4/c1-12-7-18(24)20(19(25)8-12)21(26)13-3-2-4-16(9-13)27-11-14-5-6-15(22)10-17(14)23/h2-6,9-10,12,26H,7-8,11H2,1H3. The predicted molar refractivity (Wildman–Crippen MR) is 103 cm³/mol. The molecule has 2 aromatic rings. The fraction of sp³-hybridized carbons (Fsp3) is 0.238. The number of aliphatic hydroxyl groups excluding tert-OH is 1. The van der Waals surface area contributed by atoms with E-state index < -0.39 is 5.82 Å². The molecule has 0 atom stereocenters. The van der Waals surface area contributed by atoms with E-state index >= 15 is 0 Å². The molecule has 0 radical (unpaired) electrons. The zero-order valence-corrected chi connectivity index (χ0v) is 16.3. The summed E-state index contributed by atoms with van der Waals surface area (Å²) in [7, 11) is 0. The summed E-state index contributed by atoms with van der Waals surface area (Å²) < 4.78 is 20.1. The molecule has 1 saturated carbocycles. The second kappa shape index (κ2) is 8.05. The molecule has 0 amide bonds. The van der Waals surface area contributed by atoms with Crippen molar-refractivity contribution >= 4 is 33.3 Å². The molecular formula is C21H18BrFO4. The molecule has 0 spiro atoms. The largest absolute Gasteiger partial charge is 0.506 e. The van der Waals surface area contributed by atoms with E-state index in [2.05, 4.69) is 15.9 Å². The van der Waals surface area contributed by atoms with Gasteiger partial charge in [0, 0.05) is 28.4 Å². The number of ketones is 2. The smallest absolute Gasteiger partial charge is 0.170 e. The molecule has 0 aromatic heterocycles. The highest BCUT2D eigenvalue weighted by Gasteiger charge is 2.31. The molecule has 1 aliphatic carbocycles. The minimum absolute atomic E-state index is 0.00920. The van der Waals surface area contributed by atoms with Gasteiger partial charge in [-0.2, -0.15) is 0 Å². The maximum Gasteiger partial charge on any atom is 0.170 e. The molecule has 0 saturated heterocycles. The number of halogens is 2. The molecule has 0 bridgehead atoms. The van der Waals surface area contributed by atoms with E-state index in [0.717, 1.165) is 0 Å². The first-order chi connectivity index (χ1) is 12.8. The van der Waals surface area contributed by atoms with Crippen molar-refractivity contribution in [1.82, 2.24) is 0 Å². The van der Waals surface area contributed by atoms with Gasteiger partial charge in [-0.25, -0.2) is 4.39 Å². The summed E-state index contributed by atoms with van der Waals surface area (Å²) in [5.41, 5.74) is 0.553. The third-order valence-electron chi connectivity index (χ3n) is 4.38. The van der Waals surface area contributed by atoms with E-state index in [1.54, 1.807) is 30.3 Å². The fourth-order valence-electron chi connectivity index (χ4n) is 3.01. The van der Waals surface area contributed by atoms with Crippen LogP contribution in [0.2, 0.25) is 0 Å². The van der Waals surface area contributed by atoms with Crippen molar-refractivity contribution < 1.29 is 23.8 Å². The number of carbonyl (C=O) groups excluding carboxylic acids is 2. The van der Waals surface area contributed by atoms with Crippen LogP contribution in [0.1, 0.15) is 30.9 Å². The first kappa shape index (κ1) is 19.3. The Morgan fingerprint density at radius 1 is 1.19 bits per heavy atom. The van der Waals surface area contributed by atoms with Crippen LogP contribution >= 0.6 is 15.9 Å². The highest BCUT2D eigenvalue weighted by molar-refractivity contribution is 9.10. The summed E-state index contributed by atoms with van der Waals surface area (Å²) in [5, 5.41) is 10.5. The van der Waals surface area contributed by atoms with E-state index in [1.165, 1.54) is 12.1 Å². The Morgan fingerprint density at radius 3 is 2.56 bits per heavy atom. The van der Waals surface area contributed by atoms with Crippen molar-refractivity contribution in [3.05, 3.63) is 69.5 Å². The minimum atomic E-state index is -0.391. The van der Waals surface area contributed by atoms with Gasteiger partial charge in [0.2, 0.25) is 0 Å². The molecule has 1 N–H and O–H groups in total. The number of hydrogen-bond donors (Lipinski definition) is 1. The summed E-state index contributed by atoms with van der Waals surface area (Å²) in [5.74, 6) is -1.04. The number of hydrogen-bond acceptors (Lipinski definition) is 4. The molecule has 0 unspecified atom stereocenters. The van der Waals surface area contributed by atoms with Gasteiger partial charge in [0.25, 0.3) is 0 Å². The molecule has 0 heterocycles. The lowest BCUT2D eigenvalue weighted by Gasteiger charge is -2.19. The molecule has 4 nitrogen and oxygen atoms in total. The van der Waals surface area contributed by atoms with Crippen molar-refractivity contribution in [1.29, 1.82) is 0 Å². The zero-order chi connectivity index (χ0) is 19.6. The monoisotopic (exact) mass is 432 g/mol. The number of carbonyl (C=O) groups is 2. The Kier molecular flexibility index (Phi) is 5.75. The normalized spacial score (nSPS) is 17.1. The number of rotatable bonds is 4. The minimum Gasteiger partial charge on any atom is -0.506 e. The fourth-order valence-corrected chi connectivity index (χ4v) is 3.34. The molecule has 6 heteroatoms. The number of benzene rings is 2. The Balaban J connectivity index is 1.82. The Morgan fingerprint density at radius 2 is 1.89 bits per heavy atom. The van der Waals surface area contributed by atoms with Crippen LogP contribution in [0.15, 0.2) is 52.5 Å². The first-order valence-electron chi connectivity index (χ1n) is 8.52. The van der Waals surface area contributed by atoms with Gasteiger partial charge in [-0.3, -0.25) is 9.59 Å². The van der Waals surface area contributed by atoms with Crippen LogP contribution in [0.3, 0.4) is 0 Å². The van der Waals surface area contributed by atoms with Gasteiger partial charge in [-0.05, 0) is 30.2 Å². The average Bonchev–Trinajstić information content (AvgIpc) is 2.60. The lowest BCUT2D eigenvalue weighted by atomic mass is 9.83. The van der Waals surface area contributed by atoms with Gasteiger partial charge in [-0.15, -0.1) is 0 Å². The lowest BCUT2D eigenvalue weighted by molar-refractivity contribution is -0.125. The van der Waals surface area contributed by atoms with Crippen LogP contribution in [-0.2, 0) is 16.2 Å². The zero-order valence-electron chi connectivity index (χ0n) is 14.7. The van der Waals surface area contributed by atoms with Crippen LogP contribution < -0.4 is 4.74 Å². The number of allylic oxidation sites excluding steroid dienone is 1. The molecule has 2 aromatic carbocycles. The van der Waals surface area contributed by atoms with Gasteiger partial charge < -0.3 is 9.84 Å². The van der Waals surface area contributed by atoms with E-state index in [9.17, 15) is 19.1 Å². The van der Waals surface area contributed by atoms with Crippen molar-refractivity contribution in [2.24, 2.45) is 5.92 Å². The average molecular weight is 433 g/mol. The molecule has 27 heavy (non-hydrogen) atoms. The highest BCUT2D eigenvalue weighted by Crippen LogP contribution is 2.29. The van der Waals surface area contributed by atoms with Crippen molar-refractivity contribution in [3.63, 3.8) is 0 Å². The van der Waals surface area contributed by atoms with Crippen LogP contribution in [0.25, 0.3) is 5.76 Å². The second-order valence-corrected chi connectivity index (χ2v) is 7.55. The number of ether oxygens (including phenoxy) is 1. The predicted octanol–water partition coefficient (Wildman–Crippen LogP) is 5.00. The second-order valence-electron chi connectivity index (χ2n) is 6.64. The topological polar surface area (TPSA) is 63.6 Å². The van der Waals surface area contributed by atoms with Gasteiger partial charge in [0.1, 0.15) is 29.5 Å². The quantitative estimate of drug-likeness (QED) is 0.419. The molecule has 0 aliphatic heterocycles. The van der Waals surface area contributed by atoms with Crippen LogP contribution in [0, 0.1) is 11.7 Å². The number of aliphatic hydroxyl groups is 1. The molecule has 140 valence electrons. The summed E-state index contributed by atoms with van der Waals surface area (Å²) >= 11 is 3.20. The first-order valence-corrected chi connectivity index (χ1v) is 9.31. The lowest BCUT2D eigenvalue weighted by Crippen LogP contribution is -2.25. The number of Topliss-reactive ketones (excluding diaryl/α,β-unsaturated/α-hetero) is 2. The molecule has 3 rings (SSSR count).